The van der Waals surface area contributed by atoms with Gasteiger partial charge in [-0.25, -0.2) is 0 Å². The lowest BCUT2D eigenvalue weighted by molar-refractivity contribution is -0.177. The number of ether oxygens (including phenoxy) is 3. The minimum atomic E-state index is -4.76. The zero-order chi connectivity index (χ0) is 53.4. The van der Waals surface area contributed by atoms with Crippen LogP contribution in [0, 0.1) is 11.8 Å². The Hall–Kier alpha value is -5.66. The van der Waals surface area contributed by atoms with Crippen LogP contribution in [0.15, 0.2) is 133 Å². The van der Waals surface area contributed by atoms with Crippen molar-refractivity contribution in [2.45, 2.75) is 140 Å². The Labute approximate surface area is 433 Å². The first-order valence-corrected chi connectivity index (χ1v) is 26.1. The van der Waals surface area contributed by atoms with E-state index >= 15 is 17.6 Å². The molecule has 0 bridgehead atoms. The Morgan fingerprint density at radius 1 is 0.413 bits per heavy atom. The van der Waals surface area contributed by atoms with Crippen LogP contribution in [0.2, 0.25) is 0 Å². The van der Waals surface area contributed by atoms with Crippen molar-refractivity contribution < 1.29 is 58.1 Å². The van der Waals surface area contributed by atoms with E-state index in [1.165, 1.54) is 48.5 Å². The van der Waals surface area contributed by atoms with Gasteiger partial charge in [0.25, 0.3) is 11.8 Å². The third kappa shape index (κ3) is 14.0. The monoisotopic (exact) mass is 1050 g/mol. The summed E-state index contributed by atoms with van der Waals surface area (Å²) in [5.41, 5.74) is -0.0776. The lowest BCUT2D eigenvalue weighted by Crippen LogP contribution is -2.24. The maximum absolute atomic E-state index is 17.8. The summed E-state index contributed by atoms with van der Waals surface area (Å²) in [5.74, 6) is -6.54. The van der Waals surface area contributed by atoms with Gasteiger partial charge in [0.2, 0.25) is 0 Å². The lowest BCUT2D eigenvalue weighted by Gasteiger charge is -2.30. The Balaban J connectivity index is 1.28. The van der Waals surface area contributed by atoms with Gasteiger partial charge in [-0.1, -0.05) is 148 Å². The van der Waals surface area contributed by atoms with Gasteiger partial charge >= 0.3 is 12.4 Å². The van der Waals surface area contributed by atoms with Crippen LogP contribution in [-0.4, -0.2) is 25.6 Å². The standard InChI is InChI=1S/C62H64F10O3/c1-3-41-15-19-45(20-16-41)47-23-29-51(30-24-47)61(69,70)57-49(37-73-39-59(63,64)65)27-33-55(53(57)35-43-11-7-5-8-12-43)75-56-34-28-50(38-74-40-60(66,67)68)58(54(56)36-44-13-9-6-10-14-44)62(71,72)52-31-25-48(26-32-52)46-21-17-42(4-2)18-22-46/h5-14,23-34,41-42,45-46H,3-4,15-22,35-40H2,1-2H3. The van der Waals surface area contributed by atoms with E-state index in [0.717, 1.165) is 75.3 Å². The molecule has 2 aliphatic rings. The molecule has 8 rings (SSSR count). The van der Waals surface area contributed by atoms with Gasteiger partial charge in [0.1, 0.15) is 24.7 Å². The van der Waals surface area contributed by atoms with Crippen LogP contribution >= 0.6 is 0 Å². The number of halogens is 10. The highest BCUT2D eigenvalue weighted by Gasteiger charge is 2.43. The molecule has 0 radical (unpaired) electrons. The molecule has 0 amide bonds. The predicted octanol–water partition coefficient (Wildman–Crippen LogP) is 18.5. The molecular formula is C62H64F10O3. The normalized spacial score (nSPS) is 18.8. The number of alkyl halides is 10. The average molecular weight is 1050 g/mol. The smallest absolute Gasteiger partial charge is 0.411 e. The second-order valence-corrected chi connectivity index (χ2v) is 20.4. The molecule has 0 N–H and O–H groups in total. The van der Waals surface area contributed by atoms with Gasteiger partial charge in [0, 0.05) is 46.2 Å². The van der Waals surface area contributed by atoms with Gasteiger partial charge in [-0.15, -0.1) is 0 Å². The molecule has 6 aromatic carbocycles. The number of hydrogen-bond donors (Lipinski definition) is 0. The molecule has 3 nitrogen and oxygen atoms in total. The van der Waals surface area contributed by atoms with Gasteiger partial charge in [-0.2, -0.15) is 43.9 Å². The largest absolute Gasteiger partial charge is 0.457 e. The summed E-state index contributed by atoms with van der Waals surface area (Å²) >= 11 is 0. The van der Waals surface area contributed by atoms with E-state index < -0.39 is 72.9 Å². The highest BCUT2D eigenvalue weighted by molar-refractivity contribution is 5.58. The Morgan fingerprint density at radius 3 is 1.08 bits per heavy atom. The van der Waals surface area contributed by atoms with Crippen LogP contribution in [0.4, 0.5) is 43.9 Å². The Morgan fingerprint density at radius 2 is 0.760 bits per heavy atom. The molecule has 2 saturated carbocycles. The maximum atomic E-state index is 17.8. The van der Waals surface area contributed by atoms with Crippen molar-refractivity contribution >= 4 is 0 Å². The fraction of sp³-hybridized carbons (Fsp3) is 0.419. The third-order valence-electron chi connectivity index (χ3n) is 15.4. The first-order chi connectivity index (χ1) is 35.8. The molecule has 0 saturated heterocycles. The van der Waals surface area contributed by atoms with Crippen molar-refractivity contribution in [2.75, 3.05) is 13.2 Å². The maximum Gasteiger partial charge on any atom is 0.411 e. The van der Waals surface area contributed by atoms with Crippen LogP contribution in [0.1, 0.15) is 157 Å². The number of benzene rings is 6. The second-order valence-electron chi connectivity index (χ2n) is 20.4. The molecule has 0 spiro atoms. The molecule has 400 valence electrons. The lowest BCUT2D eigenvalue weighted by atomic mass is 9.77. The molecule has 6 aromatic rings. The fourth-order valence-electron chi connectivity index (χ4n) is 11.2. The number of rotatable bonds is 20. The van der Waals surface area contributed by atoms with Crippen LogP contribution < -0.4 is 4.74 Å². The van der Waals surface area contributed by atoms with Crippen molar-refractivity contribution in [3.05, 3.63) is 200 Å². The van der Waals surface area contributed by atoms with Crippen LogP contribution in [0.25, 0.3) is 0 Å². The van der Waals surface area contributed by atoms with Gasteiger partial charge < -0.3 is 14.2 Å². The first-order valence-electron chi connectivity index (χ1n) is 26.1. The van der Waals surface area contributed by atoms with Gasteiger partial charge in [0.15, 0.2) is 0 Å². The molecule has 75 heavy (non-hydrogen) atoms. The van der Waals surface area contributed by atoms with E-state index in [-0.39, 0.29) is 58.4 Å². The summed E-state index contributed by atoms with van der Waals surface area (Å²) in [6.07, 6.45) is -0.0513. The van der Waals surface area contributed by atoms with E-state index in [9.17, 15) is 26.3 Å². The molecule has 0 heterocycles. The van der Waals surface area contributed by atoms with E-state index in [0.29, 0.717) is 23.0 Å². The molecule has 0 aromatic heterocycles. The molecule has 13 heteroatoms. The Bertz CT molecular complexity index is 2570. The summed E-state index contributed by atoms with van der Waals surface area (Å²) in [6.45, 7) is -0.808. The molecule has 0 atom stereocenters. The first kappa shape index (κ1) is 55.6. The van der Waals surface area contributed by atoms with Crippen molar-refractivity contribution in [1.29, 1.82) is 0 Å². The molecular weight excluding hydrogens is 983 g/mol. The summed E-state index contributed by atoms with van der Waals surface area (Å²) in [7, 11) is 0. The second kappa shape index (κ2) is 24.1. The highest BCUT2D eigenvalue weighted by atomic mass is 19.4. The van der Waals surface area contributed by atoms with Gasteiger partial charge in [-0.05, 0) is 121 Å². The highest BCUT2D eigenvalue weighted by Crippen LogP contribution is 2.49. The minimum Gasteiger partial charge on any atom is -0.457 e. The van der Waals surface area contributed by atoms with Crippen LogP contribution in [0.5, 0.6) is 11.5 Å². The van der Waals surface area contributed by atoms with Crippen molar-refractivity contribution in [3.8, 4) is 11.5 Å². The van der Waals surface area contributed by atoms with Crippen LogP contribution in [-0.2, 0) is 47.4 Å². The van der Waals surface area contributed by atoms with E-state index in [2.05, 4.69) is 13.8 Å². The minimum absolute atomic E-state index is 0.138. The summed E-state index contributed by atoms with van der Waals surface area (Å²) in [5, 5.41) is 0. The molecule has 2 fully saturated rings. The predicted molar refractivity (Wildman–Crippen MR) is 272 cm³/mol. The van der Waals surface area contributed by atoms with E-state index in [1.807, 2.05) is 0 Å². The van der Waals surface area contributed by atoms with Gasteiger partial charge in [-0.3, -0.25) is 0 Å². The SMILES string of the molecule is CCC1CCC(c2ccc(C(F)(F)c3c(COCC(F)(F)F)ccc(Oc4ccc(COCC(F)(F)F)c(C(F)(F)c5ccc(C6CCC(CC)CC6)cc5)c4Cc4ccccc4)c3Cc3ccccc3)cc2)CC1. The molecule has 0 aliphatic heterocycles. The zero-order valence-electron chi connectivity index (χ0n) is 42.3. The summed E-state index contributed by atoms with van der Waals surface area (Å²) in [6, 6.07) is 34.2. The third-order valence-corrected chi connectivity index (χ3v) is 15.4. The fourth-order valence-corrected chi connectivity index (χ4v) is 11.2. The van der Waals surface area contributed by atoms with Crippen molar-refractivity contribution in [1.82, 2.24) is 0 Å². The van der Waals surface area contributed by atoms with Crippen molar-refractivity contribution in [3.63, 3.8) is 0 Å². The van der Waals surface area contributed by atoms with Gasteiger partial charge in [0.05, 0.1) is 13.2 Å². The summed E-state index contributed by atoms with van der Waals surface area (Å²) < 4.78 is 169. The zero-order valence-corrected chi connectivity index (χ0v) is 42.3. The van der Waals surface area contributed by atoms with Crippen LogP contribution in [0.3, 0.4) is 0 Å². The topological polar surface area (TPSA) is 27.7 Å². The van der Waals surface area contributed by atoms with Crippen molar-refractivity contribution in [2.24, 2.45) is 11.8 Å². The number of hydrogen-bond acceptors (Lipinski definition) is 3. The van der Waals surface area contributed by atoms with E-state index in [4.69, 9.17) is 14.2 Å². The quantitative estimate of drug-likeness (QED) is 0.0713. The Kier molecular flexibility index (Phi) is 17.9. The summed E-state index contributed by atoms with van der Waals surface area (Å²) in [4.78, 5) is 0. The molecule has 0 unspecified atom stereocenters. The molecule has 2 aliphatic carbocycles. The average Bonchev–Trinajstić information content (AvgIpc) is 3.40. The van der Waals surface area contributed by atoms with E-state index in [1.54, 1.807) is 84.9 Å².